The second kappa shape index (κ2) is 6.99. The molecule has 2 N–H and O–H groups in total. The number of thioether (sulfide) groups is 1. The topological polar surface area (TPSA) is 61.4 Å². The molecule has 0 saturated carbocycles. The molecule has 1 aliphatic heterocycles. The van der Waals surface area contributed by atoms with Gasteiger partial charge in [0.15, 0.2) is 0 Å². The maximum Gasteiger partial charge on any atom is 0.323 e. The third-order valence-corrected chi connectivity index (χ3v) is 3.92. The molecule has 7 heteroatoms. The number of rotatable bonds is 3. The third-order valence-electron chi connectivity index (χ3n) is 2.91. The first kappa shape index (κ1) is 15.2. The van der Waals surface area contributed by atoms with Gasteiger partial charge in [-0.05, 0) is 24.3 Å². The Balaban J connectivity index is 1.99. The molecule has 110 valence electrons. The van der Waals surface area contributed by atoms with Crippen molar-refractivity contribution in [3.63, 3.8) is 0 Å². The number of hydrogen-bond donors (Lipinski definition) is 2. The molecule has 1 aromatic carbocycles. The van der Waals surface area contributed by atoms with Crippen LogP contribution in [0.1, 0.15) is 0 Å². The van der Waals surface area contributed by atoms with Crippen LogP contribution >= 0.6 is 11.8 Å². The van der Waals surface area contributed by atoms with E-state index in [0.717, 1.165) is 0 Å². The zero-order chi connectivity index (χ0) is 15.2. The molecule has 1 fully saturated rings. The van der Waals surface area contributed by atoms with Crippen LogP contribution in [0.25, 0.3) is 0 Å². The van der Waals surface area contributed by atoms with Crippen molar-refractivity contribution in [1.29, 1.82) is 0 Å². The average Bonchev–Trinajstić information content (AvgIpc) is 2.96. The van der Waals surface area contributed by atoms with Crippen LogP contribution in [0.3, 0.4) is 0 Å². The van der Waals surface area contributed by atoms with E-state index in [1.807, 2.05) is 0 Å². The first-order valence-electron chi connectivity index (χ1n) is 6.24. The lowest BCUT2D eigenvalue weighted by Crippen LogP contribution is -2.48. The number of carbonyl (C=O) groups is 2. The van der Waals surface area contributed by atoms with Crippen LogP contribution in [-0.2, 0) is 4.79 Å². The summed E-state index contributed by atoms with van der Waals surface area (Å²) in [4.78, 5) is 25.5. The molecule has 2 rings (SSSR count). The van der Waals surface area contributed by atoms with Gasteiger partial charge in [-0.25, -0.2) is 9.18 Å². The van der Waals surface area contributed by atoms with Gasteiger partial charge in [0, 0.05) is 11.4 Å². The van der Waals surface area contributed by atoms with Crippen molar-refractivity contribution in [3.05, 3.63) is 30.1 Å². The fourth-order valence-corrected chi connectivity index (χ4v) is 3.00. The summed E-state index contributed by atoms with van der Waals surface area (Å²) in [5, 5.41) is 5.21. The predicted octanol–water partition coefficient (Wildman–Crippen LogP) is 1.48. The maximum absolute atomic E-state index is 12.8. The Labute approximate surface area is 126 Å². The number of terminal acetylenes is 1. The number of carbonyl (C=O) groups excluding carboxylic acids is 2. The number of amides is 3. The number of nitrogens with one attached hydrogen (secondary N) is 2. The molecule has 0 bridgehead atoms. The second-order valence-electron chi connectivity index (χ2n) is 4.34. The van der Waals surface area contributed by atoms with E-state index in [9.17, 15) is 14.0 Å². The summed E-state index contributed by atoms with van der Waals surface area (Å²) in [6, 6.07) is 4.49. The zero-order valence-electron chi connectivity index (χ0n) is 11.1. The number of benzene rings is 1. The Bertz CT molecular complexity index is 571. The van der Waals surface area contributed by atoms with Gasteiger partial charge in [0.2, 0.25) is 5.91 Å². The Kier molecular flexibility index (Phi) is 5.06. The molecule has 0 aliphatic carbocycles. The number of hydrogen-bond acceptors (Lipinski definition) is 3. The molecule has 3 amide bonds. The van der Waals surface area contributed by atoms with Crippen molar-refractivity contribution >= 4 is 29.4 Å². The van der Waals surface area contributed by atoms with Crippen molar-refractivity contribution in [2.24, 2.45) is 0 Å². The standard InChI is InChI=1S/C14H14FN3O2S/c1-2-7-16-13(19)12-8-21-9-18(12)14(20)17-11-5-3-10(15)4-6-11/h1,3-6,12H,7-9H2,(H,16,19)(H,17,20)/t12-/m1/s1. The van der Waals surface area contributed by atoms with E-state index in [2.05, 4.69) is 16.6 Å². The van der Waals surface area contributed by atoms with E-state index >= 15 is 0 Å². The van der Waals surface area contributed by atoms with Gasteiger partial charge in [0.1, 0.15) is 11.9 Å². The fraction of sp³-hybridized carbons (Fsp3) is 0.286. The van der Waals surface area contributed by atoms with Gasteiger partial charge in [0.25, 0.3) is 0 Å². The summed E-state index contributed by atoms with van der Waals surface area (Å²) in [6.07, 6.45) is 5.09. The first-order valence-corrected chi connectivity index (χ1v) is 7.39. The minimum atomic E-state index is -0.552. The summed E-state index contributed by atoms with van der Waals surface area (Å²) in [5.41, 5.74) is 0.473. The van der Waals surface area contributed by atoms with E-state index in [-0.39, 0.29) is 18.3 Å². The van der Waals surface area contributed by atoms with Crippen LogP contribution in [-0.4, -0.2) is 41.1 Å². The second-order valence-corrected chi connectivity index (χ2v) is 5.34. The van der Waals surface area contributed by atoms with Gasteiger partial charge in [0.05, 0.1) is 12.4 Å². The highest BCUT2D eigenvalue weighted by molar-refractivity contribution is 7.99. The van der Waals surface area contributed by atoms with Crippen molar-refractivity contribution < 1.29 is 14.0 Å². The van der Waals surface area contributed by atoms with Crippen molar-refractivity contribution in [2.45, 2.75) is 6.04 Å². The molecule has 1 saturated heterocycles. The highest BCUT2D eigenvalue weighted by atomic mass is 32.2. The molecule has 0 aromatic heterocycles. The summed E-state index contributed by atoms with van der Waals surface area (Å²) >= 11 is 1.49. The molecule has 21 heavy (non-hydrogen) atoms. The molecule has 1 heterocycles. The lowest BCUT2D eigenvalue weighted by atomic mass is 10.2. The Morgan fingerprint density at radius 1 is 1.43 bits per heavy atom. The molecule has 0 radical (unpaired) electrons. The first-order chi connectivity index (χ1) is 10.1. The quantitative estimate of drug-likeness (QED) is 0.832. The largest absolute Gasteiger partial charge is 0.343 e. The summed E-state index contributed by atoms with van der Waals surface area (Å²) < 4.78 is 12.8. The number of nitrogens with zero attached hydrogens (tertiary/aromatic N) is 1. The van der Waals surface area contributed by atoms with Crippen LogP contribution in [0, 0.1) is 18.2 Å². The molecule has 1 aliphatic rings. The van der Waals surface area contributed by atoms with Gasteiger partial charge in [-0.15, -0.1) is 18.2 Å². The van der Waals surface area contributed by atoms with E-state index < -0.39 is 12.1 Å². The average molecular weight is 307 g/mol. The van der Waals surface area contributed by atoms with Gasteiger partial charge < -0.3 is 15.5 Å². The Hall–Kier alpha value is -2.20. The molecule has 5 nitrogen and oxygen atoms in total. The normalized spacial score (nSPS) is 17.1. The number of halogens is 1. The number of urea groups is 1. The molecule has 0 unspecified atom stereocenters. The minimum absolute atomic E-state index is 0.132. The van der Waals surface area contributed by atoms with E-state index in [1.165, 1.54) is 40.9 Å². The third kappa shape index (κ3) is 3.89. The van der Waals surface area contributed by atoms with Crippen LogP contribution < -0.4 is 10.6 Å². The molecule has 1 atom stereocenters. The lowest BCUT2D eigenvalue weighted by molar-refractivity contribution is -0.124. The summed E-state index contributed by atoms with van der Waals surface area (Å²) in [6.45, 7) is 0.132. The molecular weight excluding hydrogens is 293 g/mol. The Morgan fingerprint density at radius 3 is 2.81 bits per heavy atom. The highest BCUT2D eigenvalue weighted by Gasteiger charge is 2.34. The maximum atomic E-state index is 12.8. The summed E-state index contributed by atoms with van der Waals surface area (Å²) in [5.74, 6) is 2.61. The van der Waals surface area contributed by atoms with Crippen molar-refractivity contribution in [2.75, 3.05) is 23.5 Å². The summed E-state index contributed by atoms with van der Waals surface area (Å²) in [7, 11) is 0. The van der Waals surface area contributed by atoms with E-state index in [4.69, 9.17) is 6.42 Å². The van der Waals surface area contributed by atoms with Crippen LogP contribution in [0.2, 0.25) is 0 Å². The predicted molar refractivity (Wildman–Crippen MR) is 80.2 cm³/mol. The number of anilines is 1. The smallest absolute Gasteiger partial charge is 0.323 e. The van der Waals surface area contributed by atoms with E-state index in [1.54, 1.807) is 0 Å². The van der Waals surface area contributed by atoms with E-state index in [0.29, 0.717) is 17.3 Å². The fourth-order valence-electron chi connectivity index (χ4n) is 1.84. The minimum Gasteiger partial charge on any atom is -0.343 e. The highest BCUT2D eigenvalue weighted by Crippen LogP contribution is 2.22. The lowest BCUT2D eigenvalue weighted by Gasteiger charge is -2.23. The monoisotopic (exact) mass is 307 g/mol. The molecular formula is C14H14FN3O2S. The van der Waals surface area contributed by atoms with Gasteiger partial charge in [-0.3, -0.25) is 4.79 Å². The SMILES string of the molecule is C#CCNC(=O)[C@H]1CSCN1C(=O)Nc1ccc(F)cc1. The van der Waals surface area contributed by atoms with Gasteiger partial charge >= 0.3 is 6.03 Å². The molecule has 1 aromatic rings. The van der Waals surface area contributed by atoms with Crippen molar-refractivity contribution in [1.82, 2.24) is 10.2 Å². The van der Waals surface area contributed by atoms with Crippen LogP contribution in [0.15, 0.2) is 24.3 Å². The van der Waals surface area contributed by atoms with Crippen LogP contribution in [0.5, 0.6) is 0 Å². The Morgan fingerprint density at radius 2 is 2.14 bits per heavy atom. The van der Waals surface area contributed by atoms with Crippen LogP contribution in [0.4, 0.5) is 14.9 Å². The molecule has 0 spiro atoms. The van der Waals surface area contributed by atoms with Crippen molar-refractivity contribution in [3.8, 4) is 12.3 Å². The zero-order valence-corrected chi connectivity index (χ0v) is 12.0. The van der Waals surface area contributed by atoms with Gasteiger partial charge in [-0.1, -0.05) is 5.92 Å². The van der Waals surface area contributed by atoms with Gasteiger partial charge in [-0.2, -0.15) is 0 Å².